The second-order valence-electron chi connectivity index (χ2n) is 17.6. The van der Waals surface area contributed by atoms with Crippen LogP contribution in [0.15, 0.2) is 6.07 Å². The third kappa shape index (κ3) is 14.6. The van der Waals surface area contributed by atoms with Crippen LogP contribution >= 0.6 is 11.6 Å². The third-order valence-electron chi connectivity index (χ3n) is 7.54. The number of alkyl carbamates (subject to hydrolysis) is 4. The van der Waals surface area contributed by atoms with E-state index in [1.807, 2.05) is 15.9 Å². The highest BCUT2D eigenvalue weighted by Gasteiger charge is 2.36. The highest BCUT2D eigenvalue weighted by molar-refractivity contribution is 6.34. The van der Waals surface area contributed by atoms with Gasteiger partial charge in [-0.1, -0.05) is 11.6 Å². The maximum atomic E-state index is 12.9. The predicted octanol–water partition coefficient (Wildman–Crippen LogP) is 6.04. The molecule has 52 heavy (non-hydrogen) atoms. The maximum absolute atomic E-state index is 12.9. The molecule has 0 bridgehead atoms. The first kappa shape index (κ1) is 42.5. The molecule has 2 aliphatic heterocycles. The molecule has 0 spiro atoms. The van der Waals surface area contributed by atoms with E-state index >= 15 is 0 Å². The number of aryl methyl sites for hydroxylation is 1. The predicted molar refractivity (Wildman–Crippen MR) is 200 cm³/mol. The van der Waals surface area contributed by atoms with Gasteiger partial charge < -0.3 is 50.0 Å². The van der Waals surface area contributed by atoms with Gasteiger partial charge in [0.05, 0.1) is 40.6 Å². The van der Waals surface area contributed by atoms with Crippen LogP contribution < -0.4 is 31.1 Å². The molecule has 0 aromatic carbocycles. The Hall–Kier alpha value is -3.88. The van der Waals surface area contributed by atoms with Crippen LogP contribution in [0.1, 0.15) is 102 Å². The van der Waals surface area contributed by atoms with Gasteiger partial charge in [-0.05, 0) is 103 Å². The van der Waals surface area contributed by atoms with Gasteiger partial charge in [-0.2, -0.15) is 0 Å². The van der Waals surface area contributed by atoms with E-state index in [1.165, 1.54) is 0 Å². The fourth-order valence-corrected chi connectivity index (χ4v) is 6.13. The minimum Gasteiger partial charge on any atom is -0.444 e. The van der Waals surface area contributed by atoms with Gasteiger partial charge in [0.25, 0.3) is 0 Å². The summed E-state index contributed by atoms with van der Waals surface area (Å²) in [6.07, 6.45) is -1.45. The molecule has 4 amide bonds. The molecule has 1 aromatic rings. The number of pyridine rings is 1. The summed E-state index contributed by atoms with van der Waals surface area (Å²) >= 11 is 6.94. The lowest BCUT2D eigenvalue weighted by Gasteiger charge is -2.41. The van der Waals surface area contributed by atoms with E-state index in [-0.39, 0.29) is 0 Å². The number of ether oxygens (including phenoxy) is 4. The molecule has 4 N–H and O–H groups in total. The summed E-state index contributed by atoms with van der Waals surface area (Å²) < 4.78 is 22.1. The Morgan fingerprint density at radius 1 is 0.596 bits per heavy atom. The molecular weight excluding hydrogens is 694 g/mol. The lowest BCUT2D eigenvalue weighted by molar-refractivity contribution is 0.0452. The van der Waals surface area contributed by atoms with E-state index in [9.17, 15) is 19.2 Å². The number of carbonyl (C=O) groups is 4. The lowest BCUT2D eigenvalue weighted by atomic mass is 9.99. The fourth-order valence-electron chi connectivity index (χ4n) is 5.91. The standard InChI is InChI=1S/C36H60ClN7O8/c1-21-28(37)26(43-17-22(39-29(45)49-33(2,3)4)14-23(18-43)40-30(46)50-34(5,6)7)16-27(38-21)44-19-24(41-31(47)51-35(8,9)10)15-25(20-44)42-32(48)52-36(11,12)13/h16,22-25H,14-15,17-20H2,1-13H3,(H,39,45)(H,40,46)(H,41,47)(H,42,48). The van der Waals surface area contributed by atoms with Crippen molar-refractivity contribution in [1.82, 2.24) is 26.3 Å². The Balaban J connectivity index is 1.95. The molecule has 2 fully saturated rings. The molecule has 294 valence electrons. The molecule has 4 unspecified atom stereocenters. The van der Waals surface area contributed by atoms with Crippen LogP contribution in [0.4, 0.5) is 30.7 Å². The number of amides is 4. The van der Waals surface area contributed by atoms with E-state index in [0.717, 1.165) is 0 Å². The number of rotatable bonds is 6. The quantitative estimate of drug-likeness (QED) is 0.250. The highest BCUT2D eigenvalue weighted by atomic mass is 35.5. The highest BCUT2D eigenvalue weighted by Crippen LogP contribution is 2.35. The Morgan fingerprint density at radius 3 is 1.17 bits per heavy atom. The Bertz CT molecular complexity index is 1370. The SMILES string of the molecule is Cc1nc(N2CC(NC(=O)OC(C)(C)C)CC(NC(=O)OC(C)(C)C)C2)cc(N2CC(NC(=O)OC(C)(C)C)CC(NC(=O)OC(C)(C)C)C2)c1Cl. The van der Waals surface area contributed by atoms with E-state index in [4.69, 9.17) is 35.5 Å². The topological polar surface area (TPSA) is 173 Å². The molecule has 0 radical (unpaired) electrons. The number of nitrogens with zero attached hydrogens (tertiary/aromatic N) is 3. The molecule has 0 saturated carbocycles. The Kier molecular flexibility index (Phi) is 13.4. The number of piperidine rings is 2. The minimum absolute atomic E-state index is 0.361. The van der Waals surface area contributed by atoms with E-state index in [1.54, 1.807) is 90.0 Å². The van der Waals surface area contributed by atoms with Gasteiger partial charge in [-0.25, -0.2) is 24.2 Å². The number of aromatic nitrogens is 1. The van der Waals surface area contributed by atoms with Gasteiger partial charge in [0.15, 0.2) is 0 Å². The summed E-state index contributed by atoms with van der Waals surface area (Å²) in [5.41, 5.74) is -1.61. The average Bonchev–Trinajstić information content (AvgIpc) is 2.89. The third-order valence-corrected chi connectivity index (χ3v) is 8.01. The summed E-state index contributed by atoms with van der Waals surface area (Å²) in [7, 11) is 0. The Labute approximate surface area is 313 Å². The van der Waals surface area contributed by atoms with Crippen molar-refractivity contribution in [1.29, 1.82) is 0 Å². The van der Waals surface area contributed by atoms with Crippen molar-refractivity contribution in [2.75, 3.05) is 36.0 Å². The molecule has 16 heteroatoms. The first-order valence-corrected chi connectivity index (χ1v) is 18.2. The molecule has 3 heterocycles. The average molecular weight is 754 g/mol. The van der Waals surface area contributed by atoms with Crippen LogP contribution in [0.2, 0.25) is 5.02 Å². The number of halogens is 1. The normalized spacial score (nSPS) is 21.4. The summed E-state index contributed by atoms with van der Waals surface area (Å²) in [5, 5.41) is 12.2. The van der Waals surface area contributed by atoms with Crippen LogP contribution in [0.25, 0.3) is 0 Å². The van der Waals surface area contributed by atoms with E-state index in [0.29, 0.717) is 61.2 Å². The number of hydrogen-bond acceptors (Lipinski definition) is 11. The zero-order valence-corrected chi connectivity index (χ0v) is 33.9. The van der Waals surface area contributed by atoms with Crippen LogP contribution in [-0.4, -0.2) is 102 Å². The summed E-state index contributed by atoms with van der Waals surface area (Å²) in [6.45, 7) is 24.7. The molecule has 3 rings (SSSR count). The monoisotopic (exact) mass is 753 g/mol. The van der Waals surface area contributed by atoms with Gasteiger partial charge in [-0.3, -0.25) is 0 Å². The minimum atomic E-state index is -0.701. The second-order valence-corrected chi connectivity index (χ2v) is 17.9. The first-order valence-electron chi connectivity index (χ1n) is 17.8. The Morgan fingerprint density at radius 2 is 0.885 bits per heavy atom. The van der Waals surface area contributed by atoms with Crippen molar-refractivity contribution in [3.05, 3.63) is 16.8 Å². The van der Waals surface area contributed by atoms with Crippen molar-refractivity contribution >= 4 is 47.5 Å². The number of carbonyl (C=O) groups excluding carboxylic acids is 4. The molecule has 2 aliphatic rings. The fraction of sp³-hybridized carbons (Fsp3) is 0.750. The van der Waals surface area contributed by atoms with Gasteiger partial charge in [0, 0.05) is 32.2 Å². The number of hydrogen-bond donors (Lipinski definition) is 4. The summed E-state index contributed by atoms with van der Waals surface area (Å²) in [4.78, 5) is 60.1. The molecule has 1 aromatic heterocycles. The smallest absolute Gasteiger partial charge is 0.407 e. The lowest BCUT2D eigenvalue weighted by Crippen LogP contribution is -2.58. The zero-order valence-electron chi connectivity index (χ0n) is 33.1. The summed E-state index contributed by atoms with van der Waals surface area (Å²) in [6, 6.07) is 0.178. The molecular formula is C36H60ClN7O8. The van der Waals surface area contributed by atoms with Crippen molar-refractivity contribution in [2.24, 2.45) is 0 Å². The van der Waals surface area contributed by atoms with Crippen LogP contribution in [0, 0.1) is 6.92 Å². The van der Waals surface area contributed by atoms with Gasteiger partial charge in [-0.15, -0.1) is 0 Å². The van der Waals surface area contributed by atoms with Gasteiger partial charge in [0.1, 0.15) is 28.2 Å². The zero-order chi connectivity index (χ0) is 39.4. The van der Waals surface area contributed by atoms with Gasteiger partial charge >= 0.3 is 24.4 Å². The first-order chi connectivity index (χ1) is 23.6. The number of nitrogens with one attached hydrogen (secondary N) is 4. The molecule has 0 aliphatic carbocycles. The van der Waals surface area contributed by atoms with E-state index < -0.39 is 70.9 Å². The molecule has 4 atom stereocenters. The van der Waals surface area contributed by atoms with Crippen LogP contribution in [-0.2, 0) is 18.9 Å². The molecule has 15 nitrogen and oxygen atoms in total. The van der Waals surface area contributed by atoms with Crippen LogP contribution in [0.5, 0.6) is 0 Å². The summed E-state index contributed by atoms with van der Waals surface area (Å²) in [5.74, 6) is 0.558. The van der Waals surface area contributed by atoms with Gasteiger partial charge in [0.2, 0.25) is 0 Å². The molecule has 2 saturated heterocycles. The largest absolute Gasteiger partial charge is 0.444 e. The van der Waals surface area contributed by atoms with E-state index in [2.05, 4.69) is 21.3 Å². The van der Waals surface area contributed by atoms with Crippen molar-refractivity contribution in [2.45, 2.75) is 149 Å². The van der Waals surface area contributed by atoms with Crippen molar-refractivity contribution in [3.63, 3.8) is 0 Å². The second kappa shape index (κ2) is 16.4. The maximum Gasteiger partial charge on any atom is 0.407 e. The van der Waals surface area contributed by atoms with Crippen molar-refractivity contribution < 1.29 is 38.1 Å². The van der Waals surface area contributed by atoms with Crippen LogP contribution in [0.3, 0.4) is 0 Å². The van der Waals surface area contributed by atoms with Crippen molar-refractivity contribution in [3.8, 4) is 0 Å². The number of anilines is 2.